The van der Waals surface area contributed by atoms with Crippen molar-refractivity contribution in [2.24, 2.45) is 0 Å². The molecule has 0 unspecified atom stereocenters. The second-order valence-corrected chi connectivity index (χ2v) is 8.92. The topological polar surface area (TPSA) is 79.4 Å². The maximum Gasteiger partial charge on any atom is 0.243 e. The molecule has 1 aromatic heterocycles. The van der Waals surface area contributed by atoms with Gasteiger partial charge in [0, 0.05) is 12.7 Å². The highest BCUT2D eigenvalue weighted by Crippen LogP contribution is 2.17. The van der Waals surface area contributed by atoms with Crippen LogP contribution >= 0.6 is 0 Å². The number of rotatable bonds is 9. The second kappa shape index (κ2) is 10.1. The zero-order valence-corrected chi connectivity index (χ0v) is 17.7. The number of benzene rings is 2. The van der Waals surface area contributed by atoms with Crippen molar-refractivity contribution in [3.63, 3.8) is 0 Å². The molecule has 1 heterocycles. The highest BCUT2D eigenvalue weighted by molar-refractivity contribution is 7.89. The normalized spacial score (nSPS) is 11.4. The smallest absolute Gasteiger partial charge is 0.243 e. The Morgan fingerprint density at radius 3 is 2.33 bits per heavy atom. The first-order valence-electron chi connectivity index (χ1n) is 9.72. The maximum absolute atomic E-state index is 13.2. The van der Waals surface area contributed by atoms with Crippen LogP contribution in [0.2, 0.25) is 0 Å². The van der Waals surface area contributed by atoms with Crippen molar-refractivity contribution in [2.75, 3.05) is 13.1 Å². The molecule has 1 N–H and O–H groups in total. The summed E-state index contributed by atoms with van der Waals surface area (Å²) in [7, 11) is -3.81. The van der Waals surface area contributed by atoms with Gasteiger partial charge < -0.3 is 5.32 Å². The van der Waals surface area contributed by atoms with Crippen LogP contribution in [0, 0.1) is 6.92 Å². The van der Waals surface area contributed by atoms with E-state index in [0.717, 1.165) is 11.1 Å². The molecule has 0 radical (unpaired) electrons. The molecule has 2 aromatic carbocycles. The van der Waals surface area contributed by atoms with E-state index >= 15 is 0 Å². The summed E-state index contributed by atoms with van der Waals surface area (Å²) in [6.45, 7) is 2.10. The van der Waals surface area contributed by atoms with Crippen molar-refractivity contribution in [1.82, 2.24) is 14.6 Å². The number of amides is 1. The molecular formula is C23H25N3O3S. The summed E-state index contributed by atoms with van der Waals surface area (Å²) in [6, 6.07) is 21.7. The molecule has 0 saturated heterocycles. The van der Waals surface area contributed by atoms with E-state index in [1.807, 2.05) is 43.3 Å². The number of hydrogen-bond donors (Lipinski definition) is 1. The van der Waals surface area contributed by atoms with Crippen LogP contribution in [0.15, 0.2) is 83.9 Å². The van der Waals surface area contributed by atoms with Gasteiger partial charge in [0.25, 0.3) is 0 Å². The maximum atomic E-state index is 13.2. The Hall–Kier alpha value is -3.03. The third-order valence-electron chi connectivity index (χ3n) is 4.66. The van der Waals surface area contributed by atoms with Gasteiger partial charge in [0.2, 0.25) is 15.9 Å². The van der Waals surface area contributed by atoms with E-state index in [1.165, 1.54) is 4.31 Å². The molecule has 0 fully saturated rings. The Kier molecular flexibility index (Phi) is 7.32. The van der Waals surface area contributed by atoms with Gasteiger partial charge in [-0.25, -0.2) is 8.42 Å². The number of carbonyl (C=O) groups is 1. The molecule has 1 amide bonds. The summed E-state index contributed by atoms with van der Waals surface area (Å²) < 4.78 is 27.7. The van der Waals surface area contributed by atoms with E-state index in [9.17, 15) is 13.2 Å². The van der Waals surface area contributed by atoms with Gasteiger partial charge in [0.05, 0.1) is 23.7 Å². The van der Waals surface area contributed by atoms with Gasteiger partial charge in [-0.1, -0.05) is 54.1 Å². The third-order valence-corrected chi connectivity index (χ3v) is 6.52. The highest BCUT2D eigenvalue weighted by Gasteiger charge is 2.26. The molecule has 0 saturated carbocycles. The zero-order valence-electron chi connectivity index (χ0n) is 16.9. The molecule has 7 heteroatoms. The summed E-state index contributed by atoms with van der Waals surface area (Å²) in [6.07, 6.45) is 2.16. The Bertz CT molecular complexity index is 1050. The molecule has 0 aliphatic rings. The summed E-state index contributed by atoms with van der Waals surface area (Å²) in [4.78, 5) is 16.9. The van der Waals surface area contributed by atoms with Gasteiger partial charge in [0.1, 0.15) is 0 Å². The van der Waals surface area contributed by atoms with Crippen molar-refractivity contribution in [1.29, 1.82) is 0 Å². The summed E-state index contributed by atoms with van der Waals surface area (Å²) >= 11 is 0. The first-order chi connectivity index (χ1) is 14.4. The zero-order chi connectivity index (χ0) is 21.4. The van der Waals surface area contributed by atoms with Crippen molar-refractivity contribution in [3.8, 4) is 0 Å². The summed E-state index contributed by atoms with van der Waals surface area (Å²) in [5, 5.41) is 2.75. The molecule has 30 heavy (non-hydrogen) atoms. The Morgan fingerprint density at radius 2 is 1.67 bits per heavy atom. The SMILES string of the molecule is Cc1ccc(S(=O)(=O)N(CCc2ccccc2)CC(=O)NCc2ccccn2)cc1. The fraction of sp³-hybridized carbons (Fsp3) is 0.217. The van der Waals surface area contributed by atoms with Crippen LogP contribution in [0.5, 0.6) is 0 Å². The van der Waals surface area contributed by atoms with Crippen LogP contribution in [0.3, 0.4) is 0 Å². The second-order valence-electron chi connectivity index (χ2n) is 6.99. The largest absolute Gasteiger partial charge is 0.349 e. The number of pyridine rings is 1. The van der Waals surface area contributed by atoms with Gasteiger partial charge in [-0.05, 0) is 43.2 Å². The van der Waals surface area contributed by atoms with Crippen molar-refractivity contribution in [3.05, 3.63) is 95.8 Å². The van der Waals surface area contributed by atoms with Crippen LogP contribution in [-0.2, 0) is 27.8 Å². The third kappa shape index (κ3) is 5.98. The molecule has 0 aliphatic heterocycles. The van der Waals surface area contributed by atoms with E-state index in [4.69, 9.17) is 0 Å². The standard InChI is InChI=1S/C23H25N3O3S/c1-19-10-12-22(13-11-19)30(28,29)26(16-14-20-7-3-2-4-8-20)18-23(27)25-17-21-9-5-6-15-24-21/h2-13,15H,14,16-18H2,1H3,(H,25,27). The first-order valence-corrected chi connectivity index (χ1v) is 11.2. The molecule has 156 valence electrons. The molecule has 0 aliphatic carbocycles. The first kappa shape index (κ1) is 21.7. The van der Waals surface area contributed by atoms with Gasteiger partial charge in [-0.15, -0.1) is 0 Å². The van der Waals surface area contributed by atoms with Gasteiger partial charge in [0.15, 0.2) is 0 Å². The Labute approximate surface area is 177 Å². The average Bonchev–Trinajstić information content (AvgIpc) is 2.77. The fourth-order valence-corrected chi connectivity index (χ4v) is 4.35. The predicted molar refractivity (Wildman–Crippen MR) is 116 cm³/mol. The van der Waals surface area contributed by atoms with Crippen LogP contribution in [-0.4, -0.2) is 36.7 Å². The van der Waals surface area contributed by atoms with Gasteiger partial charge in [-0.3, -0.25) is 9.78 Å². The Morgan fingerprint density at radius 1 is 0.967 bits per heavy atom. The summed E-state index contributed by atoms with van der Waals surface area (Å²) in [5.41, 5.74) is 2.69. The van der Waals surface area contributed by atoms with Crippen molar-refractivity contribution >= 4 is 15.9 Å². The molecule has 3 aromatic rings. The van der Waals surface area contributed by atoms with E-state index in [1.54, 1.807) is 42.6 Å². The highest BCUT2D eigenvalue weighted by atomic mass is 32.2. The van der Waals surface area contributed by atoms with Crippen LogP contribution < -0.4 is 5.32 Å². The average molecular weight is 424 g/mol. The molecule has 3 rings (SSSR count). The molecule has 0 atom stereocenters. The number of nitrogens with zero attached hydrogens (tertiary/aromatic N) is 2. The van der Waals surface area contributed by atoms with E-state index in [2.05, 4.69) is 10.3 Å². The number of carbonyl (C=O) groups excluding carboxylic acids is 1. The van der Waals surface area contributed by atoms with Crippen LogP contribution in [0.25, 0.3) is 0 Å². The monoisotopic (exact) mass is 423 g/mol. The van der Waals surface area contributed by atoms with E-state index < -0.39 is 10.0 Å². The van der Waals surface area contributed by atoms with Crippen LogP contribution in [0.4, 0.5) is 0 Å². The lowest BCUT2D eigenvalue weighted by atomic mass is 10.1. The number of hydrogen-bond acceptors (Lipinski definition) is 4. The van der Waals surface area contributed by atoms with E-state index in [0.29, 0.717) is 12.1 Å². The van der Waals surface area contributed by atoms with Gasteiger partial charge >= 0.3 is 0 Å². The number of sulfonamides is 1. The Balaban J connectivity index is 1.74. The fourth-order valence-electron chi connectivity index (χ4n) is 2.95. The quantitative estimate of drug-likeness (QED) is 0.574. The van der Waals surface area contributed by atoms with Gasteiger partial charge in [-0.2, -0.15) is 4.31 Å². The molecular weight excluding hydrogens is 398 g/mol. The lowest BCUT2D eigenvalue weighted by Gasteiger charge is -2.22. The number of aromatic nitrogens is 1. The van der Waals surface area contributed by atoms with Crippen molar-refractivity contribution < 1.29 is 13.2 Å². The number of nitrogens with one attached hydrogen (secondary N) is 1. The minimum Gasteiger partial charge on any atom is -0.349 e. The predicted octanol–water partition coefficient (Wildman–Crippen LogP) is 2.94. The molecule has 6 nitrogen and oxygen atoms in total. The number of aryl methyl sites for hydroxylation is 1. The lowest BCUT2D eigenvalue weighted by molar-refractivity contribution is -0.121. The minimum absolute atomic E-state index is 0.179. The molecule has 0 spiro atoms. The molecule has 0 bridgehead atoms. The van der Waals surface area contributed by atoms with Crippen molar-refractivity contribution in [2.45, 2.75) is 24.8 Å². The van der Waals surface area contributed by atoms with E-state index in [-0.39, 0.29) is 30.4 Å². The van der Waals surface area contributed by atoms with Crippen LogP contribution in [0.1, 0.15) is 16.8 Å². The lowest BCUT2D eigenvalue weighted by Crippen LogP contribution is -2.41. The summed E-state index contributed by atoms with van der Waals surface area (Å²) in [5.74, 6) is -0.371. The minimum atomic E-state index is -3.81.